The number of hydrogen-bond donors (Lipinski definition) is 1. The van der Waals surface area contributed by atoms with Gasteiger partial charge in [0.05, 0.1) is 6.10 Å². The van der Waals surface area contributed by atoms with E-state index in [0.717, 1.165) is 5.92 Å². The zero-order valence-corrected chi connectivity index (χ0v) is 12.2. The molecule has 0 saturated heterocycles. The van der Waals surface area contributed by atoms with Crippen molar-refractivity contribution in [1.29, 1.82) is 0 Å². The Kier molecular flexibility index (Phi) is 5.41. The van der Waals surface area contributed by atoms with E-state index in [2.05, 4.69) is 31.2 Å². The summed E-state index contributed by atoms with van der Waals surface area (Å²) in [5, 5.41) is 0. The molecule has 0 radical (unpaired) electrons. The van der Waals surface area contributed by atoms with Crippen LogP contribution >= 0.6 is 0 Å². The third-order valence-corrected chi connectivity index (χ3v) is 4.74. The van der Waals surface area contributed by atoms with E-state index >= 15 is 0 Å². The lowest BCUT2D eigenvalue weighted by atomic mass is 9.76. The Bertz CT molecular complexity index is 357. The Morgan fingerprint density at radius 1 is 1.16 bits per heavy atom. The Morgan fingerprint density at radius 3 is 2.32 bits per heavy atom. The molecule has 1 aromatic rings. The van der Waals surface area contributed by atoms with Crippen molar-refractivity contribution in [3.8, 4) is 0 Å². The molecule has 0 bridgehead atoms. The fraction of sp³-hybridized carbons (Fsp3) is 0.647. The second kappa shape index (κ2) is 7.06. The number of nitrogens with two attached hydrogens (primary N) is 1. The lowest BCUT2D eigenvalue weighted by Gasteiger charge is -2.35. The molecule has 106 valence electrons. The molecule has 2 nitrogen and oxygen atoms in total. The summed E-state index contributed by atoms with van der Waals surface area (Å²) in [5.41, 5.74) is 7.70. The first-order chi connectivity index (χ1) is 9.26. The third kappa shape index (κ3) is 3.58. The van der Waals surface area contributed by atoms with Gasteiger partial charge in [-0.3, -0.25) is 0 Å². The van der Waals surface area contributed by atoms with Gasteiger partial charge in [-0.05, 0) is 30.2 Å². The molecule has 2 heteroatoms. The summed E-state index contributed by atoms with van der Waals surface area (Å²) in [6.45, 7) is 2.30. The molecule has 0 aliphatic heterocycles. The molecule has 2 unspecified atom stereocenters. The van der Waals surface area contributed by atoms with Crippen LogP contribution in [0.4, 0.5) is 0 Å². The van der Waals surface area contributed by atoms with Gasteiger partial charge in [-0.25, -0.2) is 0 Å². The molecule has 1 fully saturated rings. The van der Waals surface area contributed by atoms with Crippen molar-refractivity contribution in [2.75, 3.05) is 7.11 Å². The van der Waals surface area contributed by atoms with Crippen LogP contribution in [0.2, 0.25) is 0 Å². The summed E-state index contributed by atoms with van der Waals surface area (Å²) >= 11 is 0. The average molecular weight is 261 g/mol. The molecule has 2 N–H and O–H groups in total. The molecule has 1 aliphatic rings. The highest BCUT2D eigenvalue weighted by atomic mass is 16.5. The van der Waals surface area contributed by atoms with Crippen LogP contribution < -0.4 is 5.73 Å². The lowest BCUT2D eigenvalue weighted by molar-refractivity contribution is 0.0493. The Balaban J connectivity index is 1.99. The van der Waals surface area contributed by atoms with E-state index in [1.54, 1.807) is 7.11 Å². The molecule has 2 atom stereocenters. The standard InChI is InChI=1S/C17H27NO/c1-3-13-9-11-14(12-10-13)16(18)17(19-2)15-7-5-4-6-8-15/h4-8,13-14,16-17H,3,9-12,18H2,1-2H3. The van der Waals surface area contributed by atoms with Gasteiger partial charge in [-0.1, -0.05) is 56.5 Å². The zero-order chi connectivity index (χ0) is 13.7. The van der Waals surface area contributed by atoms with Crippen molar-refractivity contribution in [3.63, 3.8) is 0 Å². The second-order valence-electron chi connectivity index (χ2n) is 5.83. The highest BCUT2D eigenvalue weighted by molar-refractivity contribution is 5.19. The van der Waals surface area contributed by atoms with E-state index in [0.29, 0.717) is 5.92 Å². The van der Waals surface area contributed by atoms with Crippen molar-refractivity contribution in [3.05, 3.63) is 35.9 Å². The zero-order valence-electron chi connectivity index (χ0n) is 12.2. The summed E-state index contributed by atoms with van der Waals surface area (Å²) in [7, 11) is 1.77. The molecule has 0 amide bonds. The van der Waals surface area contributed by atoms with E-state index in [1.165, 1.54) is 37.7 Å². The number of hydrogen-bond acceptors (Lipinski definition) is 2. The van der Waals surface area contributed by atoms with Gasteiger partial charge in [-0.2, -0.15) is 0 Å². The van der Waals surface area contributed by atoms with Gasteiger partial charge < -0.3 is 10.5 Å². The summed E-state index contributed by atoms with van der Waals surface area (Å²) in [4.78, 5) is 0. The fourth-order valence-electron chi connectivity index (χ4n) is 3.39. The molecule has 0 spiro atoms. The topological polar surface area (TPSA) is 35.2 Å². The molecule has 1 aliphatic carbocycles. The maximum Gasteiger partial charge on any atom is 0.0974 e. The van der Waals surface area contributed by atoms with E-state index in [-0.39, 0.29) is 12.1 Å². The van der Waals surface area contributed by atoms with Crippen LogP contribution in [0.25, 0.3) is 0 Å². The Hall–Kier alpha value is -0.860. The van der Waals surface area contributed by atoms with Crippen LogP contribution in [-0.2, 0) is 4.74 Å². The molecular weight excluding hydrogens is 234 g/mol. The largest absolute Gasteiger partial charge is 0.375 e. The maximum absolute atomic E-state index is 6.50. The van der Waals surface area contributed by atoms with E-state index in [4.69, 9.17) is 10.5 Å². The molecule has 19 heavy (non-hydrogen) atoms. The van der Waals surface area contributed by atoms with Crippen LogP contribution in [0, 0.1) is 11.8 Å². The molecule has 2 rings (SSSR count). The summed E-state index contributed by atoms with van der Waals surface area (Å²) < 4.78 is 5.68. The quantitative estimate of drug-likeness (QED) is 0.872. The van der Waals surface area contributed by atoms with Crippen LogP contribution in [-0.4, -0.2) is 13.2 Å². The Morgan fingerprint density at radius 2 is 1.79 bits per heavy atom. The summed E-state index contributed by atoms with van der Waals surface area (Å²) in [5.74, 6) is 1.52. The SMILES string of the molecule is CCC1CCC(C(N)C(OC)c2ccccc2)CC1. The summed E-state index contributed by atoms with van der Waals surface area (Å²) in [6.07, 6.45) is 6.53. The molecule has 1 aromatic carbocycles. The maximum atomic E-state index is 6.50. The van der Waals surface area contributed by atoms with E-state index in [9.17, 15) is 0 Å². The van der Waals surface area contributed by atoms with Gasteiger partial charge in [0.15, 0.2) is 0 Å². The van der Waals surface area contributed by atoms with Gasteiger partial charge in [-0.15, -0.1) is 0 Å². The minimum Gasteiger partial charge on any atom is -0.375 e. The normalized spacial score (nSPS) is 26.9. The number of rotatable bonds is 5. The highest BCUT2D eigenvalue weighted by Crippen LogP contribution is 2.36. The molecule has 0 aromatic heterocycles. The minimum absolute atomic E-state index is 0.0318. The van der Waals surface area contributed by atoms with E-state index < -0.39 is 0 Å². The first-order valence-corrected chi connectivity index (χ1v) is 7.59. The van der Waals surface area contributed by atoms with Crippen molar-refractivity contribution in [1.82, 2.24) is 0 Å². The third-order valence-electron chi connectivity index (χ3n) is 4.74. The van der Waals surface area contributed by atoms with Crippen LogP contribution in [0.15, 0.2) is 30.3 Å². The highest BCUT2D eigenvalue weighted by Gasteiger charge is 2.30. The first-order valence-electron chi connectivity index (χ1n) is 7.59. The number of methoxy groups -OCH3 is 1. The predicted molar refractivity (Wildman–Crippen MR) is 79.9 cm³/mol. The van der Waals surface area contributed by atoms with Gasteiger partial charge in [0.2, 0.25) is 0 Å². The van der Waals surface area contributed by atoms with E-state index in [1.807, 2.05) is 6.07 Å². The predicted octanol–water partition coefficient (Wildman–Crippen LogP) is 3.92. The molecule has 1 saturated carbocycles. The minimum atomic E-state index is 0.0318. The van der Waals surface area contributed by atoms with Crippen molar-refractivity contribution in [2.45, 2.75) is 51.2 Å². The monoisotopic (exact) mass is 261 g/mol. The lowest BCUT2D eigenvalue weighted by Crippen LogP contribution is -2.39. The van der Waals surface area contributed by atoms with Crippen LogP contribution in [0.5, 0.6) is 0 Å². The molecule has 0 heterocycles. The smallest absolute Gasteiger partial charge is 0.0974 e. The van der Waals surface area contributed by atoms with Gasteiger partial charge in [0.1, 0.15) is 0 Å². The van der Waals surface area contributed by atoms with Crippen molar-refractivity contribution in [2.24, 2.45) is 17.6 Å². The fourth-order valence-corrected chi connectivity index (χ4v) is 3.39. The van der Waals surface area contributed by atoms with Gasteiger partial charge >= 0.3 is 0 Å². The van der Waals surface area contributed by atoms with Crippen molar-refractivity contribution < 1.29 is 4.74 Å². The number of benzene rings is 1. The first kappa shape index (κ1) is 14.5. The summed E-state index contributed by atoms with van der Waals surface area (Å²) in [6, 6.07) is 10.5. The number of ether oxygens (including phenoxy) is 1. The van der Waals surface area contributed by atoms with Gasteiger partial charge in [0.25, 0.3) is 0 Å². The molecular formula is C17H27NO. The average Bonchev–Trinajstić information content (AvgIpc) is 2.49. The Labute approximate surface area is 117 Å². The van der Waals surface area contributed by atoms with Gasteiger partial charge in [0, 0.05) is 13.2 Å². The van der Waals surface area contributed by atoms with Crippen LogP contribution in [0.3, 0.4) is 0 Å². The van der Waals surface area contributed by atoms with Crippen molar-refractivity contribution >= 4 is 0 Å². The van der Waals surface area contributed by atoms with Crippen LogP contribution in [0.1, 0.15) is 50.7 Å². The second-order valence-corrected chi connectivity index (χ2v) is 5.83.